The van der Waals surface area contributed by atoms with Crippen molar-refractivity contribution in [2.24, 2.45) is 0 Å². The molecule has 0 unspecified atom stereocenters. The van der Waals surface area contributed by atoms with Crippen molar-refractivity contribution in [3.8, 4) is 0 Å². The van der Waals surface area contributed by atoms with Crippen LogP contribution in [0, 0.1) is 6.92 Å². The Morgan fingerprint density at radius 2 is 1.96 bits per heavy atom. The molecule has 9 heteroatoms. The van der Waals surface area contributed by atoms with Gasteiger partial charge in [0.15, 0.2) is 10.9 Å². The number of aromatic nitrogens is 1. The SMILES string of the molecule is Cc1csc(NC(=O)c2ccc(S(=O)(=O)NCCc3ccccc3)o2)n1. The monoisotopic (exact) mass is 391 g/mol. The van der Waals surface area contributed by atoms with Crippen LogP contribution in [0.2, 0.25) is 0 Å². The zero-order valence-corrected chi connectivity index (χ0v) is 15.6. The van der Waals surface area contributed by atoms with Gasteiger partial charge in [0.1, 0.15) is 0 Å². The Morgan fingerprint density at radius 3 is 2.65 bits per heavy atom. The summed E-state index contributed by atoms with van der Waals surface area (Å²) in [5, 5.41) is 4.49. The number of rotatable bonds is 7. The molecule has 0 saturated carbocycles. The zero-order chi connectivity index (χ0) is 18.6. The van der Waals surface area contributed by atoms with Gasteiger partial charge in [0.05, 0.1) is 5.69 Å². The van der Waals surface area contributed by atoms with Crippen LogP contribution in [0.4, 0.5) is 5.13 Å². The number of benzene rings is 1. The average Bonchev–Trinajstić information content (AvgIpc) is 3.25. The quantitative estimate of drug-likeness (QED) is 0.645. The number of anilines is 1. The van der Waals surface area contributed by atoms with E-state index in [1.54, 1.807) is 5.38 Å². The Morgan fingerprint density at radius 1 is 1.19 bits per heavy atom. The van der Waals surface area contributed by atoms with E-state index >= 15 is 0 Å². The maximum atomic E-state index is 12.3. The molecule has 7 nitrogen and oxygen atoms in total. The van der Waals surface area contributed by atoms with Gasteiger partial charge in [0.2, 0.25) is 5.09 Å². The number of sulfonamides is 1. The average molecular weight is 391 g/mol. The number of nitrogens with zero attached hydrogens (tertiary/aromatic N) is 1. The van der Waals surface area contributed by atoms with Gasteiger partial charge in [-0.3, -0.25) is 10.1 Å². The minimum absolute atomic E-state index is 0.0960. The van der Waals surface area contributed by atoms with Crippen molar-refractivity contribution >= 4 is 32.4 Å². The van der Waals surface area contributed by atoms with Gasteiger partial charge in [-0.1, -0.05) is 30.3 Å². The lowest BCUT2D eigenvalue weighted by atomic mass is 10.2. The Labute approximate surface area is 155 Å². The van der Waals surface area contributed by atoms with Gasteiger partial charge in [0, 0.05) is 11.9 Å². The van der Waals surface area contributed by atoms with Crippen LogP contribution in [0.5, 0.6) is 0 Å². The second kappa shape index (κ2) is 7.81. The van der Waals surface area contributed by atoms with Crippen LogP contribution < -0.4 is 10.0 Å². The van der Waals surface area contributed by atoms with Crippen molar-refractivity contribution in [3.63, 3.8) is 0 Å². The molecule has 0 atom stereocenters. The van der Waals surface area contributed by atoms with Gasteiger partial charge in [-0.05, 0) is 31.0 Å². The topological polar surface area (TPSA) is 101 Å². The summed E-state index contributed by atoms with van der Waals surface area (Å²) in [7, 11) is -3.82. The van der Waals surface area contributed by atoms with Crippen molar-refractivity contribution < 1.29 is 17.6 Å². The molecule has 2 aromatic heterocycles. The highest BCUT2D eigenvalue weighted by Gasteiger charge is 2.21. The fourth-order valence-corrected chi connectivity index (χ4v) is 3.85. The van der Waals surface area contributed by atoms with Gasteiger partial charge in [-0.25, -0.2) is 18.1 Å². The summed E-state index contributed by atoms with van der Waals surface area (Å²) in [5.74, 6) is -0.647. The van der Waals surface area contributed by atoms with E-state index in [-0.39, 0.29) is 17.4 Å². The maximum Gasteiger partial charge on any atom is 0.293 e. The third-order valence-electron chi connectivity index (χ3n) is 3.46. The molecule has 0 bridgehead atoms. The number of hydrogen-bond acceptors (Lipinski definition) is 6. The molecular formula is C17H17N3O4S2. The molecule has 3 rings (SSSR count). The van der Waals surface area contributed by atoms with Crippen molar-refractivity contribution in [2.75, 3.05) is 11.9 Å². The van der Waals surface area contributed by atoms with E-state index in [1.807, 2.05) is 37.3 Å². The van der Waals surface area contributed by atoms with E-state index in [0.29, 0.717) is 11.6 Å². The largest absolute Gasteiger partial charge is 0.438 e. The van der Waals surface area contributed by atoms with Crippen molar-refractivity contribution in [1.82, 2.24) is 9.71 Å². The van der Waals surface area contributed by atoms with Gasteiger partial charge in [-0.15, -0.1) is 11.3 Å². The number of nitrogens with one attached hydrogen (secondary N) is 2. The van der Waals surface area contributed by atoms with Gasteiger partial charge >= 0.3 is 0 Å². The molecule has 26 heavy (non-hydrogen) atoms. The first kappa shape index (κ1) is 18.3. The third kappa shape index (κ3) is 4.57. The van der Waals surface area contributed by atoms with Crippen LogP contribution >= 0.6 is 11.3 Å². The standard InChI is InChI=1S/C17H17N3O4S2/c1-12-11-25-17(19-12)20-16(21)14-7-8-15(24-14)26(22,23)18-10-9-13-5-3-2-4-6-13/h2-8,11,18H,9-10H2,1H3,(H,19,20,21). The fraction of sp³-hybridized carbons (Fsp3) is 0.176. The highest BCUT2D eigenvalue weighted by Crippen LogP contribution is 2.18. The van der Waals surface area contributed by atoms with Gasteiger partial charge in [-0.2, -0.15) is 0 Å². The second-order valence-electron chi connectivity index (χ2n) is 5.50. The Kier molecular flexibility index (Phi) is 5.50. The van der Waals surface area contributed by atoms with E-state index < -0.39 is 15.9 Å². The van der Waals surface area contributed by atoms with Crippen molar-refractivity contribution in [3.05, 3.63) is 64.9 Å². The molecule has 0 saturated heterocycles. The molecule has 0 aliphatic heterocycles. The first-order chi connectivity index (χ1) is 12.4. The summed E-state index contributed by atoms with van der Waals surface area (Å²) in [5.41, 5.74) is 1.81. The lowest BCUT2D eigenvalue weighted by molar-refractivity contribution is 0.0991. The smallest absolute Gasteiger partial charge is 0.293 e. The first-order valence-electron chi connectivity index (χ1n) is 7.81. The van der Waals surface area contributed by atoms with Crippen LogP contribution in [-0.2, 0) is 16.4 Å². The number of hydrogen-bond donors (Lipinski definition) is 2. The first-order valence-corrected chi connectivity index (χ1v) is 10.2. The molecule has 0 aliphatic carbocycles. The Bertz CT molecular complexity index is 994. The summed E-state index contributed by atoms with van der Waals surface area (Å²) in [6.45, 7) is 2.04. The van der Waals surface area contributed by atoms with Gasteiger partial charge in [0.25, 0.3) is 15.9 Å². The number of amides is 1. The number of thiazole rings is 1. The molecule has 0 spiro atoms. The van der Waals surface area contributed by atoms with Crippen molar-refractivity contribution in [1.29, 1.82) is 0 Å². The molecular weight excluding hydrogens is 374 g/mol. The second-order valence-corrected chi connectivity index (χ2v) is 8.06. The molecule has 1 aromatic carbocycles. The summed E-state index contributed by atoms with van der Waals surface area (Å²) >= 11 is 1.28. The van der Waals surface area contributed by atoms with E-state index in [9.17, 15) is 13.2 Å². The van der Waals surface area contributed by atoms with Crippen LogP contribution in [0.1, 0.15) is 21.8 Å². The van der Waals surface area contributed by atoms with Crippen LogP contribution in [0.15, 0.2) is 57.4 Å². The normalized spacial score (nSPS) is 11.4. The minimum Gasteiger partial charge on any atom is -0.438 e. The predicted octanol–water partition coefficient (Wildman–Crippen LogP) is 2.82. The minimum atomic E-state index is -3.82. The lowest BCUT2D eigenvalue weighted by Gasteiger charge is -2.04. The van der Waals surface area contributed by atoms with Crippen LogP contribution in [-0.4, -0.2) is 25.9 Å². The van der Waals surface area contributed by atoms with E-state index in [4.69, 9.17) is 4.42 Å². The van der Waals surface area contributed by atoms with Crippen molar-refractivity contribution in [2.45, 2.75) is 18.4 Å². The summed E-state index contributed by atoms with van der Waals surface area (Å²) < 4.78 is 32.2. The summed E-state index contributed by atoms with van der Waals surface area (Å²) in [4.78, 5) is 16.2. The molecule has 3 aromatic rings. The van der Waals surface area contributed by atoms with Crippen LogP contribution in [0.3, 0.4) is 0 Å². The molecule has 0 fully saturated rings. The zero-order valence-electron chi connectivity index (χ0n) is 13.9. The third-order valence-corrected chi connectivity index (χ3v) is 5.67. The number of aryl methyl sites for hydroxylation is 1. The number of carbonyl (C=O) groups is 1. The summed E-state index contributed by atoms with van der Waals surface area (Å²) in [6, 6.07) is 12.1. The summed E-state index contributed by atoms with van der Waals surface area (Å²) in [6.07, 6.45) is 0.553. The fourth-order valence-electron chi connectivity index (χ4n) is 2.20. The lowest BCUT2D eigenvalue weighted by Crippen LogP contribution is -2.25. The molecule has 136 valence electrons. The van der Waals surface area contributed by atoms with E-state index in [2.05, 4.69) is 15.0 Å². The Balaban J connectivity index is 1.61. The van der Waals surface area contributed by atoms with E-state index in [0.717, 1.165) is 11.3 Å². The molecule has 2 heterocycles. The molecule has 0 radical (unpaired) electrons. The highest BCUT2D eigenvalue weighted by atomic mass is 32.2. The Hall–Kier alpha value is -2.49. The molecule has 2 N–H and O–H groups in total. The molecule has 0 aliphatic rings. The number of furan rings is 1. The molecule has 1 amide bonds. The van der Waals surface area contributed by atoms with E-state index in [1.165, 1.54) is 23.5 Å². The maximum absolute atomic E-state index is 12.3. The van der Waals surface area contributed by atoms with Gasteiger partial charge < -0.3 is 4.42 Å². The highest BCUT2D eigenvalue weighted by molar-refractivity contribution is 7.89. The van der Waals surface area contributed by atoms with Crippen LogP contribution in [0.25, 0.3) is 0 Å². The number of carbonyl (C=O) groups excluding carboxylic acids is 1. The predicted molar refractivity (Wildman–Crippen MR) is 98.8 cm³/mol.